The molecule has 8 heteroatoms. The van der Waals surface area contributed by atoms with E-state index in [2.05, 4.69) is 15.6 Å². The van der Waals surface area contributed by atoms with Crippen molar-refractivity contribution < 1.29 is 14.3 Å². The molecule has 1 aromatic rings. The van der Waals surface area contributed by atoms with Crippen molar-refractivity contribution in [1.29, 1.82) is 0 Å². The zero-order chi connectivity index (χ0) is 16.5. The number of pyridine rings is 1. The van der Waals surface area contributed by atoms with Gasteiger partial charge in [0.1, 0.15) is 6.61 Å². The molecule has 0 aromatic carbocycles. The molecule has 0 fully saturated rings. The molecule has 0 spiro atoms. The Morgan fingerprint density at radius 2 is 2.09 bits per heavy atom. The zero-order valence-electron chi connectivity index (χ0n) is 12.6. The summed E-state index contributed by atoms with van der Waals surface area (Å²) < 4.78 is 5.31. The van der Waals surface area contributed by atoms with E-state index in [1.165, 1.54) is 6.20 Å². The summed E-state index contributed by atoms with van der Waals surface area (Å²) in [5, 5.41) is 5.62. The normalized spacial score (nSPS) is 11.9. The van der Waals surface area contributed by atoms with E-state index >= 15 is 0 Å². The standard InChI is InChI=1S/C14H21ClN4O3/c1-9(2)13(16)14(21)19-8-11(20)17-5-6-22-12-4-3-10(15)7-18-12/h3-4,7,9,13H,5-6,8,16H2,1-2H3,(H,17,20)(H,19,21)/t13-/m0/s1. The zero-order valence-corrected chi connectivity index (χ0v) is 13.4. The molecule has 1 atom stereocenters. The molecule has 1 heterocycles. The number of nitrogens with zero attached hydrogens (tertiary/aromatic N) is 1. The molecule has 0 aliphatic carbocycles. The second-order valence-electron chi connectivity index (χ2n) is 5.00. The fraction of sp³-hybridized carbons (Fsp3) is 0.500. The first-order valence-electron chi connectivity index (χ1n) is 6.94. The van der Waals surface area contributed by atoms with Crippen molar-refractivity contribution in [2.45, 2.75) is 19.9 Å². The molecule has 22 heavy (non-hydrogen) atoms. The highest BCUT2D eigenvalue weighted by Crippen LogP contribution is 2.10. The molecule has 0 aliphatic heterocycles. The van der Waals surface area contributed by atoms with Gasteiger partial charge in [0.25, 0.3) is 0 Å². The predicted molar refractivity (Wildman–Crippen MR) is 83.6 cm³/mol. The predicted octanol–water partition coefficient (Wildman–Crippen LogP) is 0.330. The van der Waals surface area contributed by atoms with Crippen LogP contribution >= 0.6 is 11.6 Å². The minimum atomic E-state index is -0.618. The van der Waals surface area contributed by atoms with E-state index < -0.39 is 6.04 Å². The largest absolute Gasteiger partial charge is 0.476 e. The minimum Gasteiger partial charge on any atom is -0.476 e. The lowest BCUT2D eigenvalue weighted by Crippen LogP contribution is -2.47. The maximum Gasteiger partial charge on any atom is 0.239 e. The van der Waals surface area contributed by atoms with Crippen molar-refractivity contribution in [3.8, 4) is 5.88 Å². The van der Waals surface area contributed by atoms with E-state index in [4.69, 9.17) is 22.1 Å². The van der Waals surface area contributed by atoms with Gasteiger partial charge in [0.05, 0.1) is 24.2 Å². The number of nitrogens with two attached hydrogens (primary N) is 1. The van der Waals surface area contributed by atoms with Crippen LogP contribution in [-0.2, 0) is 9.59 Å². The van der Waals surface area contributed by atoms with Crippen LogP contribution in [0.4, 0.5) is 0 Å². The molecular weight excluding hydrogens is 308 g/mol. The van der Waals surface area contributed by atoms with Gasteiger partial charge in [0, 0.05) is 12.3 Å². The molecule has 0 unspecified atom stereocenters. The Labute approximate surface area is 134 Å². The van der Waals surface area contributed by atoms with Crippen LogP contribution in [0, 0.1) is 5.92 Å². The highest BCUT2D eigenvalue weighted by Gasteiger charge is 2.17. The summed E-state index contributed by atoms with van der Waals surface area (Å²) in [7, 11) is 0. The van der Waals surface area contributed by atoms with Gasteiger partial charge in [0.15, 0.2) is 0 Å². The summed E-state index contributed by atoms with van der Waals surface area (Å²) in [6.07, 6.45) is 1.48. The lowest BCUT2D eigenvalue weighted by atomic mass is 10.1. The van der Waals surface area contributed by atoms with E-state index in [0.29, 0.717) is 17.4 Å². The maximum atomic E-state index is 11.6. The summed E-state index contributed by atoms with van der Waals surface area (Å²) in [6.45, 7) is 4.13. The van der Waals surface area contributed by atoms with Gasteiger partial charge >= 0.3 is 0 Å². The van der Waals surface area contributed by atoms with Gasteiger partial charge in [-0.1, -0.05) is 25.4 Å². The number of carbonyl (C=O) groups is 2. The lowest BCUT2D eigenvalue weighted by Gasteiger charge is -2.15. The second-order valence-corrected chi connectivity index (χ2v) is 5.44. The Bertz CT molecular complexity index is 493. The Balaban J connectivity index is 2.16. The van der Waals surface area contributed by atoms with Crippen LogP contribution in [0.2, 0.25) is 5.02 Å². The molecule has 1 rings (SSSR count). The van der Waals surface area contributed by atoms with Crippen LogP contribution < -0.4 is 21.1 Å². The molecular formula is C14H21ClN4O3. The minimum absolute atomic E-state index is 0.0170. The fourth-order valence-electron chi connectivity index (χ4n) is 1.44. The van der Waals surface area contributed by atoms with Gasteiger partial charge < -0.3 is 21.1 Å². The molecule has 0 aliphatic rings. The van der Waals surface area contributed by atoms with Gasteiger partial charge in [-0.15, -0.1) is 0 Å². The highest BCUT2D eigenvalue weighted by molar-refractivity contribution is 6.30. The number of hydrogen-bond acceptors (Lipinski definition) is 5. The first-order valence-corrected chi connectivity index (χ1v) is 7.32. The van der Waals surface area contributed by atoms with Crippen molar-refractivity contribution in [3.63, 3.8) is 0 Å². The van der Waals surface area contributed by atoms with Gasteiger partial charge in [0.2, 0.25) is 17.7 Å². The van der Waals surface area contributed by atoms with Crippen LogP contribution in [0.15, 0.2) is 18.3 Å². The van der Waals surface area contributed by atoms with E-state index in [0.717, 1.165) is 0 Å². The Kier molecular flexibility index (Phi) is 7.62. The molecule has 0 radical (unpaired) electrons. The highest BCUT2D eigenvalue weighted by atomic mass is 35.5. The third-order valence-corrected chi connectivity index (χ3v) is 3.04. The summed E-state index contributed by atoms with van der Waals surface area (Å²) in [5.41, 5.74) is 5.66. The number of carbonyl (C=O) groups excluding carboxylic acids is 2. The third kappa shape index (κ3) is 6.73. The first kappa shape index (κ1) is 18.2. The topological polar surface area (TPSA) is 106 Å². The fourth-order valence-corrected chi connectivity index (χ4v) is 1.56. The number of rotatable bonds is 8. The molecule has 0 bridgehead atoms. The van der Waals surface area contributed by atoms with Crippen LogP contribution in [-0.4, -0.2) is 42.5 Å². The SMILES string of the molecule is CC(C)[C@H](N)C(=O)NCC(=O)NCCOc1ccc(Cl)cn1. The molecule has 4 N–H and O–H groups in total. The lowest BCUT2D eigenvalue weighted by molar-refractivity contribution is -0.127. The van der Waals surface area contributed by atoms with Crippen molar-refractivity contribution in [3.05, 3.63) is 23.4 Å². The van der Waals surface area contributed by atoms with E-state index in [9.17, 15) is 9.59 Å². The van der Waals surface area contributed by atoms with Gasteiger partial charge in [-0.3, -0.25) is 9.59 Å². The van der Waals surface area contributed by atoms with Crippen molar-refractivity contribution >= 4 is 23.4 Å². The Morgan fingerprint density at radius 3 is 2.68 bits per heavy atom. The van der Waals surface area contributed by atoms with Crippen LogP contribution in [0.1, 0.15) is 13.8 Å². The third-order valence-electron chi connectivity index (χ3n) is 2.82. The quantitative estimate of drug-likeness (QED) is 0.596. The molecule has 1 aromatic heterocycles. The average molecular weight is 329 g/mol. The number of aromatic nitrogens is 1. The number of hydrogen-bond donors (Lipinski definition) is 3. The number of nitrogens with one attached hydrogen (secondary N) is 2. The molecule has 2 amide bonds. The van der Waals surface area contributed by atoms with Crippen LogP contribution in [0.3, 0.4) is 0 Å². The smallest absolute Gasteiger partial charge is 0.239 e. The summed E-state index contributed by atoms with van der Waals surface area (Å²) in [6, 6.07) is 2.68. The maximum absolute atomic E-state index is 11.6. The van der Waals surface area contributed by atoms with E-state index in [1.54, 1.807) is 12.1 Å². The second kappa shape index (κ2) is 9.22. The van der Waals surface area contributed by atoms with Crippen molar-refractivity contribution in [1.82, 2.24) is 15.6 Å². The number of ether oxygens (including phenoxy) is 1. The molecule has 7 nitrogen and oxygen atoms in total. The van der Waals surface area contributed by atoms with Gasteiger partial charge in [-0.2, -0.15) is 0 Å². The van der Waals surface area contributed by atoms with Gasteiger partial charge in [-0.05, 0) is 12.0 Å². The van der Waals surface area contributed by atoms with Crippen molar-refractivity contribution in [2.24, 2.45) is 11.7 Å². The van der Waals surface area contributed by atoms with Gasteiger partial charge in [-0.25, -0.2) is 4.98 Å². The Hall–Kier alpha value is -1.86. The summed E-state index contributed by atoms with van der Waals surface area (Å²) >= 11 is 5.70. The molecule has 122 valence electrons. The average Bonchev–Trinajstić information content (AvgIpc) is 2.50. The van der Waals surface area contributed by atoms with Crippen molar-refractivity contribution in [2.75, 3.05) is 19.7 Å². The number of halogens is 1. The molecule has 0 saturated carbocycles. The first-order chi connectivity index (χ1) is 10.4. The monoisotopic (exact) mass is 328 g/mol. The van der Waals surface area contributed by atoms with E-state index in [1.807, 2.05) is 13.8 Å². The number of amides is 2. The van der Waals surface area contributed by atoms with Crippen LogP contribution in [0.25, 0.3) is 0 Å². The van der Waals surface area contributed by atoms with E-state index in [-0.39, 0.29) is 30.9 Å². The van der Waals surface area contributed by atoms with Crippen LogP contribution in [0.5, 0.6) is 5.88 Å². The molecule has 0 saturated heterocycles. The summed E-state index contributed by atoms with van der Waals surface area (Å²) in [4.78, 5) is 27.1. The Morgan fingerprint density at radius 1 is 1.36 bits per heavy atom. The summed E-state index contributed by atoms with van der Waals surface area (Å²) in [5.74, 6) is -0.207.